The summed E-state index contributed by atoms with van der Waals surface area (Å²) in [6.07, 6.45) is 2.54. The van der Waals surface area contributed by atoms with E-state index >= 15 is 0 Å². The fourth-order valence-electron chi connectivity index (χ4n) is 1.75. The van der Waals surface area contributed by atoms with Gasteiger partial charge in [0.05, 0.1) is 12.2 Å². The van der Waals surface area contributed by atoms with E-state index in [1.807, 2.05) is 0 Å². The lowest BCUT2D eigenvalue weighted by Gasteiger charge is -2.07. The third-order valence-corrected chi connectivity index (χ3v) is 4.22. The molecule has 1 aromatic carbocycles. The Morgan fingerprint density at radius 1 is 1.44 bits per heavy atom. The van der Waals surface area contributed by atoms with Crippen LogP contribution >= 0.6 is 22.6 Å². The molecular formula is C12H14IN5. The van der Waals surface area contributed by atoms with Crippen LogP contribution in [0.3, 0.4) is 0 Å². The quantitative estimate of drug-likeness (QED) is 0.851. The Kier molecular flexibility index (Phi) is 3.29. The Morgan fingerprint density at radius 3 is 3.00 bits per heavy atom. The highest BCUT2D eigenvalue weighted by molar-refractivity contribution is 14.1. The SMILES string of the molecule is Cc1ccc(-n2nnnc2CNC2CC2)cc1I. The van der Waals surface area contributed by atoms with Crippen molar-refractivity contribution in [2.75, 3.05) is 0 Å². The van der Waals surface area contributed by atoms with Gasteiger partial charge in [-0.05, 0) is 70.5 Å². The van der Waals surface area contributed by atoms with E-state index in [4.69, 9.17) is 0 Å². The minimum absolute atomic E-state index is 0.660. The second-order valence-corrected chi connectivity index (χ2v) is 5.76. The van der Waals surface area contributed by atoms with Gasteiger partial charge in [-0.3, -0.25) is 0 Å². The first-order valence-electron chi connectivity index (χ1n) is 6.01. The molecule has 2 aromatic rings. The highest BCUT2D eigenvalue weighted by Crippen LogP contribution is 2.20. The molecule has 1 N–H and O–H groups in total. The zero-order valence-corrected chi connectivity index (χ0v) is 12.3. The van der Waals surface area contributed by atoms with Crippen LogP contribution in [0.4, 0.5) is 0 Å². The molecule has 94 valence electrons. The maximum atomic E-state index is 4.08. The number of hydrogen-bond acceptors (Lipinski definition) is 4. The molecular weight excluding hydrogens is 341 g/mol. The van der Waals surface area contributed by atoms with Gasteiger partial charge in [0.25, 0.3) is 0 Å². The minimum atomic E-state index is 0.660. The fraction of sp³-hybridized carbons (Fsp3) is 0.417. The van der Waals surface area contributed by atoms with Crippen LogP contribution < -0.4 is 5.32 Å². The first-order chi connectivity index (χ1) is 8.74. The number of nitrogens with one attached hydrogen (secondary N) is 1. The zero-order chi connectivity index (χ0) is 12.5. The summed E-state index contributed by atoms with van der Waals surface area (Å²) in [4.78, 5) is 0. The number of hydrogen-bond donors (Lipinski definition) is 1. The Morgan fingerprint density at radius 2 is 2.28 bits per heavy atom. The standard InChI is InChI=1S/C12H14IN5/c1-8-2-5-10(6-11(8)13)18-12(15-16-17-18)7-14-9-3-4-9/h2,5-6,9,14H,3-4,7H2,1H3. The molecule has 0 radical (unpaired) electrons. The maximum absolute atomic E-state index is 4.08. The Hall–Kier alpha value is -1.02. The summed E-state index contributed by atoms with van der Waals surface area (Å²) < 4.78 is 3.03. The molecule has 0 unspecified atom stereocenters. The topological polar surface area (TPSA) is 55.6 Å². The maximum Gasteiger partial charge on any atom is 0.170 e. The molecule has 0 atom stereocenters. The van der Waals surface area contributed by atoms with E-state index in [0.717, 1.165) is 18.1 Å². The third kappa shape index (κ3) is 2.54. The van der Waals surface area contributed by atoms with Crippen LogP contribution in [0.25, 0.3) is 5.69 Å². The van der Waals surface area contributed by atoms with Gasteiger partial charge in [0, 0.05) is 9.61 Å². The van der Waals surface area contributed by atoms with E-state index in [0.29, 0.717) is 6.04 Å². The number of rotatable bonds is 4. The first-order valence-corrected chi connectivity index (χ1v) is 7.09. The molecule has 0 saturated heterocycles. The van der Waals surface area contributed by atoms with Gasteiger partial charge in [-0.15, -0.1) is 5.10 Å². The molecule has 0 aliphatic heterocycles. The van der Waals surface area contributed by atoms with Crippen molar-refractivity contribution < 1.29 is 0 Å². The number of benzene rings is 1. The van der Waals surface area contributed by atoms with Gasteiger partial charge in [-0.2, -0.15) is 4.68 Å². The van der Waals surface area contributed by atoms with Crippen LogP contribution in [-0.2, 0) is 6.54 Å². The average Bonchev–Trinajstić information content (AvgIpc) is 3.08. The predicted molar refractivity (Wildman–Crippen MR) is 76.5 cm³/mol. The Labute approximate surface area is 119 Å². The minimum Gasteiger partial charge on any atom is -0.307 e. The normalized spacial score (nSPS) is 15.0. The van der Waals surface area contributed by atoms with Gasteiger partial charge in [-0.25, -0.2) is 0 Å². The van der Waals surface area contributed by atoms with E-state index in [-0.39, 0.29) is 0 Å². The summed E-state index contributed by atoms with van der Waals surface area (Å²) in [5.41, 5.74) is 2.28. The van der Waals surface area contributed by atoms with Crippen molar-refractivity contribution in [2.45, 2.75) is 32.4 Å². The number of aryl methyl sites for hydroxylation is 1. The lowest BCUT2D eigenvalue weighted by Crippen LogP contribution is -2.18. The zero-order valence-electron chi connectivity index (χ0n) is 10.1. The molecule has 0 spiro atoms. The molecule has 1 aromatic heterocycles. The highest BCUT2D eigenvalue weighted by atomic mass is 127. The van der Waals surface area contributed by atoms with Gasteiger partial charge in [0.15, 0.2) is 5.82 Å². The molecule has 3 rings (SSSR count). The molecule has 6 heteroatoms. The average molecular weight is 355 g/mol. The van der Waals surface area contributed by atoms with E-state index in [1.54, 1.807) is 4.68 Å². The van der Waals surface area contributed by atoms with Crippen molar-refractivity contribution in [2.24, 2.45) is 0 Å². The van der Waals surface area contributed by atoms with Crippen LogP contribution in [0.2, 0.25) is 0 Å². The van der Waals surface area contributed by atoms with Crippen LogP contribution in [0.1, 0.15) is 24.2 Å². The molecule has 18 heavy (non-hydrogen) atoms. The molecule has 1 aliphatic carbocycles. The van der Waals surface area contributed by atoms with Crippen LogP contribution in [0.15, 0.2) is 18.2 Å². The monoisotopic (exact) mass is 355 g/mol. The van der Waals surface area contributed by atoms with Crippen molar-refractivity contribution in [3.8, 4) is 5.69 Å². The molecule has 0 bridgehead atoms. The van der Waals surface area contributed by atoms with Crippen molar-refractivity contribution in [3.05, 3.63) is 33.2 Å². The van der Waals surface area contributed by atoms with E-state index in [1.165, 1.54) is 22.0 Å². The molecule has 1 fully saturated rings. The van der Waals surface area contributed by atoms with Gasteiger partial charge in [0.2, 0.25) is 0 Å². The number of nitrogens with zero attached hydrogens (tertiary/aromatic N) is 4. The molecule has 0 amide bonds. The van der Waals surface area contributed by atoms with Crippen LogP contribution in [0.5, 0.6) is 0 Å². The number of aromatic nitrogens is 4. The molecule has 1 aliphatic rings. The lowest BCUT2D eigenvalue weighted by molar-refractivity contribution is 0.637. The second kappa shape index (κ2) is 4.93. The van der Waals surface area contributed by atoms with E-state index in [9.17, 15) is 0 Å². The molecule has 1 saturated carbocycles. The summed E-state index contributed by atoms with van der Waals surface area (Å²) >= 11 is 2.33. The summed E-state index contributed by atoms with van der Waals surface area (Å²) in [7, 11) is 0. The highest BCUT2D eigenvalue weighted by Gasteiger charge is 2.21. The molecule has 5 nitrogen and oxygen atoms in total. The predicted octanol–water partition coefficient (Wildman–Crippen LogP) is 1.83. The second-order valence-electron chi connectivity index (χ2n) is 4.60. The Bertz CT molecular complexity index is 561. The van der Waals surface area contributed by atoms with Crippen LogP contribution in [0, 0.1) is 10.5 Å². The van der Waals surface area contributed by atoms with Crippen molar-refractivity contribution in [1.82, 2.24) is 25.5 Å². The largest absolute Gasteiger partial charge is 0.307 e. The van der Waals surface area contributed by atoms with Gasteiger partial charge >= 0.3 is 0 Å². The van der Waals surface area contributed by atoms with E-state index < -0.39 is 0 Å². The summed E-state index contributed by atoms with van der Waals surface area (Å²) in [5.74, 6) is 0.863. The molecule has 1 heterocycles. The van der Waals surface area contributed by atoms with E-state index in [2.05, 4.69) is 68.6 Å². The lowest BCUT2D eigenvalue weighted by atomic mass is 10.2. The van der Waals surface area contributed by atoms with Crippen LogP contribution in [-0.4, -0.2) is 26.2 Å². The fourth-order valence-corrected chi connectivity index (χ4v) is 2.25. The van der Waals surface area contributed by atoms with Gasteiger partial charge in [-0.1, -0.05) is 6.07 Å². The Balaban J connectivity index is 1.85. The smallest absolute Gasteiger partial charge is 0.170 e. The summed E-state index contributed by atoms with van der Waals surface area (Å²) in [6, 6.07) is 6.91. The summed E-state index contributed by atoms with van der Waals surface area (Å²) in [6.45, 7) is 2.82. The van der Waals surface area contributed by atoms with Gasteiger partial charge < -0.3 is 5.32 Å². The summed E-state index contributed by atoms with van der Waals surface area (Å²) in [5, 5.41) is 15.3. The third-order valence-electron chi connectivity index (χ3n) is 3.06. The van der Waals surface area contributed by atoms with Crippen molar-refractivity contribution >= 4 is 22.6 Å². The van der Waals surface area contributed by atoms with Crippen molar-refractivity contribution in [3.63, 3.8) is 0 Å². The van der Waals surface area contributed by atoms with Gasteiger partial charge in [0.1, 0.15) is 0 Å². The number of halogens is 1. The van der Waals surface area contributed by atoms with Crippen molar-refractivity contribution in [1.29, 1.82) is 0 Å². The number of tetrazole rings is 1. The first kappa shape index (κ1) is 12.0.